The molecular formula is C16H31F3IN3OS. The second-order valence-electron chi connectivity index (χ2n) is 6.13. The Hall–Kier alpha value is -0.0600. The summed E-state index contributed by atoms with van der Waals surface area (Å²) < 4.78 is 48.3. The van der Waals surface area contributed by atoms with Gasteiger partial charge >= 0.3 is 6.18 Å². The van der Waals surface area contributed by atoms with Crippen LogP contribution in [0.15, 0.2) is 4.99 Å². The monoisotopic (exact) mass is 497 g/mol. The molecular weight excluding hydrogens is 466 g/mol. The molecule has 3 unspecified atom stereocenters. The molecule has 0 heterocycles. The Balaban J connectivity index is 0.00000576. The zero-order chi connectivity index (χ0) is 18.0. The van der Waals surface area contributed by atoms with Gasteiger partial charge in [0.25, 0.3) is 0 Å². The van der Waals surface area contributed by atoms with Gasteiger partial charge in [0.15, 0.2) is 5.96 Å². The SMILES string of the molecule is CCNC(=NCCCCC(F)(F)F)NC1CCCC(S(=O)CC)C1.I. The predicted molar refractivity (Wildman–Crippen MR) is 109 cm³/mol. The molecule has 3 atom stereocenters. The van der Waals surface area contributed by atoms with Gasteiger partial charge in [0, 0.05) is 47.4 Å². The standard InChI is InChI=1S/C16H30F3N3OS.HI/c1-3-20-15(21-11-6-5-10-16(17,18)19)22-13-8-7-9-14(12-13)24(23)4-2;/h13-14H,3-12H2,1-2H3,(H2,20,21,22);1H. The number of nitrogens with one attached hydrogen (secondary N) is 2. The highest BCUT2D eigenvalue weighted by Gasteiger charge is 2.26. The summed E-state index contributed by atoms with van der Waals surface area (Å²) in [4.78, 5) is 4.37. The molecule has 9 heteroatoms. The van der Waals surface area contributed by atoms with Crippen molar-refractivity contribution in [1.29, 1.82) is 0 Å². The van der Waals surface area contributed by atoms with Crippen molar-refractivity contribution in [1.82, 2.24) is 10.6 Å². The van der Waals surface area contributed by atoms with Crippen LogP contribution in [-0.4, -0.2) is 46.5 Å². The van der Waals surface area contributed by atoms with E-state index < -0.39 is 23.4 Å². The van der Waals surface area contributed by atoms with Crippen molar-refractivity contribution in [3.8, 4) is 0 Å². The third-order valence-electron chi connectivity index (χ3n) is 4.11. The van der Waals surface area contributed by atoms with Crippen molar-refractivity contribution in [2.45, 2.75) is 76.3 Å². The quantitative estimate of drug-likeness (QED) is 0.231. The third kappa shape index (κ3) is 11.3. The number of hydrogen-bond donors (Lipinski definition) is 2. The molecule has 1 saturated carbocycles. The normalized spacial score (nSPS) is 22.8. The van der Waals surface area contributed by atoms with Crippen LogP contribution in [0.1, 0.15) is 58.8 Å². The Kier molecular flexibility index (Phi) is 13.1. The molecule has 0 aromatic carbocycles. The molecule has 2 N–H and O–H groups in total. The van der Waals surface area contributed by atoms with E-state index in [2.05, 4.69) is 15.6 Å². The average molecular weight is 497 g/mol. The second-order valence-corrected chi connectivity index (χ2v) is 8.14. The van der Waals surface area contributed by atoms with Crippen LogP contribution in [0.25, 0.3) is 0 Å². The maximum atomic E-state index is 12.1. The summed E-state index contributed by atoms with van der Waals surface area (Å²) in [6, 6.07) is 0.229. The van der Waals surface area contributed by atoms with Crippen molar-refractivity contribution >= 4 is 40.7 Å². The van der Waals surface area contributed by atoms with Crippen molar-refractivity contribution in [2.24, 2.45) is 4.99 Å². The average Bonchev–Trinajstić information content (AvgIpc) is 2.53. The number of nitrogens with zero attached hydrogens (tertiary/aromatic N) is 1. The van der Waals surface area contributed by atoms with Gasteiger partial charge in [-0.05, 0) is 39.0 Å². The Labute approximate surface area is 168 Å². The van der Waals surface area contributed by atoms with Gasteiger partial charge in [-0.1, -0.05) is 13.3 Å². The second kappa shape index (κ2) is 13.2. The Morgan fingerprint density at radius 3 is 2.56 bits per heavy atom. The lowest BCUT2D eigenvalue weighted by Crippen LogP contribution is -2.46. The van der Waals surface area contributed by atoms with Crippen molar-refractivity contribution in [3.05, 3.63) is 0 Å². The highest BCUT2D eigenvalue weighted by molar-refractivity contribution is 14.0. The molecule has 150 valence electrons. The third-order valence-corrected chi connectivity index (χ3v) is 5.85. The molecule has 0 saturated heterocycles. The zero-order valence-electron chi connectivity index (χ0n) is 15.0. The first kappa shape index (κ1) is 24.9. The van der Waals surface area contributed by atoms with E-state index in [9.17, 15) is 17.4 Å². The molecule has 1 rings (SSSR count). The molecule has 0 aliphatic heterocycles. The number of rotatable bonds is 8. The van der Waals surface area contributed by atoms with Gasteiger partial charge in [-0.3, -0.25) is 9.20 Å². The van der Waals surface area contributed by atoms with Gasteiger partial charge in [0.1, 0.15) is 0 Å². The van der Waals surface area contributed by atoms with Crippen LogP contribution < -0.4 is 10.6 Å². The maximum absolute atomic E-state index is 12.1. The van der Waals surface area contributed by atoms with Crippen molar-refractivity contribution in [3.63, 3.8) is 0 Å². The van der Waals surface area contributed by atoms with Crippen molar-refractivity contribution in [2.75, 3.05) is 18.8 Å². The smallest absolute Gasteiger partial charge is 0.357 e. The molecule has 0 amide bonds. The minimum absolute atomic E-state index is 0. The van der Waals surface area contributed by atoms with E-state index in [1.807, 2.05) is 13.8 Å². The van der Waals surface area contributed by atoms with Gasteiger partial charge in [-0.25, -0.2) is 0 Å². The minimum atomic E-state index is -4.08. The molecule has 0 spiro atoms. The molecule has 25 heavy (non-hydrogen) atoms. The van der Waals surface area contributed by atoms with Crippen LogP contribution in [0.3, 0.4) is 0 Å². The Morgan fingerprint density at radius 2 is 1.96 bits per heavy atom. The van der Waals surface area contributed by atoms with Gasteiger partial charge in [0.2, 0.25) is 0 Å². The summed E-state index contributed by atoms with van der Waals surface area (Å²) >= 11 is 0. The molecule has 4 nitrogen and oxygen atoms in total. The number of unbranched alkanes of at least 4 members (excludes halogenated alkanes) is 1. The fourth-order valence-electron chi connectivity index (χ4n) is 2.89. The first-order valence-corrected chi connectivity index (χ1v) is 10.2. The lowest BCUT2D eigenvalue weighted by molar-refractivity contribution is -0.135. The topological polar surface area (TPSA) is 53.5 Å². The molecule has 0 radical (unpaired) electrons. The molecule has 1 fully saturated rings. The summed E-state index contributed by atoms with van der Waals surface area (Å²) in [6.07, 6.45) is -0.396. The lowest BCUT2D eigenvalue weighted by atomic mass is 9.95. The Morgan fingerprint density at radius 1 is 1.24 bits per heavy atom. The fourth-order valence-corrected chi connectivity index (χ4v) is 4.24. The number of alkyl halides is 3. The van der Waals surface area contributed by atoms with E-state index in [0.717, 1.165) is 25.7 Å². The lowest BCUT2D eigenvalue weighted by Gasteiger charge is -2.30. The molecule has 1 aliphatic rings. The minimum Gasteiger partial charge on any atom is -0.357 e. The first-order valence-electron chi connectivity index (χ1n) is 8.84. The van der Waals surface area contributed by atoms with Crippen LogP contribution >= 0.6 is 24.0 Å². The van der Waals surface area contributed by atoms with Crippen LogP contribution in [0, 0.1) is 0 Å². The number of guanidine groups is 1. The number of aliphatic imine (C=N–C) groups is 1. The highest BCUT2D eigenvalue weighted by atomic mass is 127. The molecule has 0 aromatic rings. The van der Waals surface area contributed by atoms with Crippen LogP contribution in [0.2, 0.25) is 0 Å². The van der Waals surface area contributed by atoms with Gasteiger partial charge in [0.05, 0.1) is 0 Å². The van der Waals surface area contributed by atoms with E-state index in [4.69, 9.17) is 0 Å². The van der Waals surface area contributed by atoms with E-state index in [-0.39, 0.29) is 41.7 Å². The van der Waals surface area contributed by atoms with Gasteiger partial charge in [-0.15, -0.1) is 24.0 Å². The van der Waals surface area contributed by atoms with Crippen LogP contribution in [0.4, 0.5) is 13.2 Å². The maximum Gasteiger partial charge on any atom is 0.389 e. The largest absolute Gasteiger partial charge is 0.389 e. The molecule has 0 bridgehead atoms. The zero-order valence-corrected chi connectivity index (χ0v) is 18.2. The molecule has 0 aromatic heterocycles. The number of hydrogen-bond acceptors (Lipinski definition) is 2. The summed E-state index contributed by atoms with van der Waals surface area (Å²) in [7, 11) is -0.776. The van der Waals surface area contributed by atoms with Gasteiger partial charge in [-0.2, -0.15) is 13.2 Å². The van der Waals surface area contributed by atoms with Crippen molar-refractivity contribution < 1.29 is 17.4 Å². The highest BCUT2D eigenvalue weighted by Crippen LogP contribution is 2.23. The van der Waals surface area contributed by atoms with E-state index >= 15 is 0 Å². The summed E-state index contributed by atoms with van der Waals surface area (Å²) in [5.74, 6) is 1.34. The first-order chi connectivity index (χ1) is 11.4. The summed E-state index contributed by atoms with van der Waals surface area (Å²) in [5.41, 5.74) is 0. The summed E-state index contributed by atoms with van der Waals surface area (Å²) in [6.45, 7) is 4.98. The fraction of sp³-hybridized carbons (Fsp3) is 0.938. The van der Waals surface area contributed by atoms with E-state index in [0.29, 0.717) is 31.2 Å². The molecule has 1 aliphatic carbocycles. The van der Waals surface area contributed by atoms with Crippen LogP contribution in [0.5, 0.6) is 0 Å². The van der Waals surface area contributed by atoms with E-state index in [1.54, 1.807) is 0 Å². The van der Waals surface area contributed by atoms with Crippen LogP contribution in [-0.2, 0) is 10.8 Å². The van der Waals surface area contributed by atoms with Gasteiger partial charge < -0.3 is 10.6 Å². The Bertz CT molecular complexity index is 422. The predicted octanol–water partition coefficient (Wildman–Crippen LogP) is 3.97. The number of halogens is 4. The van der Waals surface area contributed by atoms with E-state index in [1.165, 1.54) is 0 Å². The summed E-state index contributed by atoms with van der Waals surface area (Å²) in [5, 5.41) is 6.72.